The summed E-state index contributed by atoms with van der Waals surface area (Å²) in [7, 11) is 0. The number of carboxylic acid groups (broad SMARTS) is 1. The lowest BCUT2D eigenvalue weighted by molar-refractivity contribution is 0.0684. The van der Waals surface area contributed by atoms with E-state index in [0.717, 1.165) is 44.5 Å². The van der Waals surface area contributed by atoms with Gasteiger partial charge in [-0.05, 0) is 37.8 Å². The molecule has 0 atom stereocenters. The molecule has 0 unspecified atom stereocenters. The molecule has 2 heterocycles. The van der Waals surface area contributed by atoms with Crippen LogP contribution < -0.4 is 16.1 Å². The maximum absolute atomic E-state index is 12.3. The molecule has 1 saturated carbocycles. The van der Waals surface area contributed by atoms with Gasteiger partial charge in [0.15, 0.2) is 5.43 Å². The smallest absolute Gasteiger partial charge is 0.352 e. The largest absolute Gasteiger partial charge is 0.477 e. The van der Waals surface area contributed by atoms with Crippen molar-refractivity contribution in [3.05, 3.63) is 34.1 Å². The van der Waals surface area contributed by atoms with Crippen LogP contribution in [0.15, 0.2) is 23.0 Å². The Hall–Kier alpha value is -2.50. The molecule has 1 saturated heterocycles. The fraction of sp³-hybridized carbons (Fsp3) is 0.412. The third kappa shape index (κ3) is 2.25. The van der Waals surface area contributed by atoms with Crippen molar-refractivity contribution in [2.45, 2.75) is 31.7 Å². The van der Waals surface area contributed by atoms with Crippen LogP contribution in [0.5, 0.6) is 0 Å². The number of nitrogens with zero attached hydrogens (tertiary/aromatic N) is 2. The highest BCUT2D eigenvalue weighted by molar-refractivity contribution is 5.94. The van der Waals surface area contributed by atoms with E-state index in [1.54, 1.807) is 10.6 Å². The van der Waals surface area contributed by atoms with Gasteiger partial charge in [0.05, 0.1) is 16.9 Å². The van der Waals surface area contributed by atoms with Gasteiger partial charge < -0.3 is 20.3 Å². The van der Waals surface area contributed by atoms with Gasteiger partial charge in [0.1, 0.15) is 5.69 Å². The Labute approximate surface area is 133 Å². The molecule has 2 fully saturated rings. The third-order valence-corrected chi connectivity index (χ3v) is 4.78. The van der Waals surface area contributed by atoms with Crippen molar-refractivity contribution in [1.82, 2.24) is 4.57 Å². The fourth-order valence-electron chi connectivity index (χ4n) is 3.51. The van der Waals surface area contributed by atoms with Gasteiger partial charge >= 0.3 is 5.97 Å². The highest BCUT2D eigenvalue weighted by Crippen LogP contribution is 2.40. The molecule has 1 aliphatic carbocycles. The molecule has 2 aliphatic rings. The number of nitrogens with two attached hydrogens (primary N) is 1. The third-order valence-electron chi connectivity index (χ3n) is 4.78. The summed E-state index contributed by atoms with van der Waals surface area (Å²) in [6, 6.07) is 5.00. The molecule has 120 valence electrons. The Morgan fingerprint density at radius 2 is 1.87 bits per heavy atom. The van der Waals surface area contributed by atoms with Gasteiger partial charge in [-0.25, -0.2) is 4.79 Å². The zero-order valence-corrected chi connectivity index (χ0v) is 12.8. The molecule has 0 spiro atoms. The van der Waals surface area contributed by atoms with Gasteiger partial charge in [-0.2, -0.15) is 0 Å². The number of carboxylic acids is 1. The van der Waals surface area contributed by atoms with Crippen molar-refractivity contribution in [3.8, 4) is 0 Å². The summed E-state index contributed by atoms with van der Waals surface area (Å²) in [4.78, 5) is 26.1. The molecule has 1 aliphatic heterocycles. The number of rotatable bonds is 3. The predicted octanol–water partition coefficient (Wildman–Crippen LogP) is 2.22. The van der Waals surface area contributed by atoms with E-state index in [1.807, 2.05) is 6.07 Å². The van der Waals surface area contributed by atoms with Crippen LogP contribution in [-0.4, -0.2) is 28.7 Å². The molecule has 3 N–H and O–H groups in total. The number of aromatic nitrogens is 1. The molecule has 23 heavy (non-hydrogen) atoms. The monoisotopic (exact) mass is 313 g/mol. The number of hydrogen-bond donors (Lipinski definition) is 2. The Bertz CT molecular complexity index is 861. The molecule has 1 aromatic carbocycles. The number of hydrogen-bond acceptors (Lipinski definition) is 4. The highest BCUT2D eigenvalue weighted by Gasteiger charge is 2.30. The molecule has 2 aromatic rings. The Morgan fingerprint density at radius 3 is 2.48 bits per heavy atom. The SMILES string of the molecule is Nc1cc2c(=O)cc(C(=O)O)n(C3CC3)c2cc1N1CCCC1. The van der Waals surface area contributed by atoms with Crippen LogP contribution in [0.2, 0.25) is 0 Å². The summed E-state index contributed by atoms with van der Waals surface area (Å²) >= 11 is 0. The van der Waals surface area contributed by atoms with E-state index < -0.39 is 5.97 Å². The molecular weight excluding hydrogens is 294 g/mol. The number of aromatic carboxylic acids is 1. The van der Waals surface area contributed by atoms with Crippen LogP contribution in [0.1, 0.15) is 42.2 Å². The summed E-state index contributed by atoms with van der Waals surface area (Å²) in [6.07, 6.45) is 4.15. The van der Waals surface area contributed by atoms with Crippen LogP contribution in [-0.2, 0) is 0 Å². The number of nitrogen functional groups attached to an aromatic ring is 1. The standard InChI is InChI=1S/C17H19N3O3/c18-12-7-11-13(8-14(12)19-5-1-2-6-19)20(10-3-4-10)15(17(22)23)9-16(11)21/h7-10H,1-6,18H2,(H,22,23). The number of benzene rings is 1. The van der Waals surface area contributed by atoms with Crippen LogP contribution in [0, 0.1) is 0 Å². The summed E-state index contributed by atoms with van der Waals surface area (Å²) in [5.41, 5.74) is 8.14. The molecule has 6 nitrogen and oxygen atoms in total. The fourth-order valence-corrected chi connectivity index (χ4v) is 3.51. The number of carbonyl (C=O) groups is 1. The van der Waals surface area contributed by atoms with Crippen molar-refractivity contribution >= 4 is 28.2 Å². The number of fused-ring (bicyclic) bond motifs is 1. The Balaban J connectivity index is 2.02. The van der Waals surface area contributed by atoms with E-state index in [-0.39, 0.29) is 17.2 Å². The first-order chi connectivity index (χ1) is 11.1. The number of pyridine rings is 1. The van der Waals surface area contributed by atoms with Crippen LogP contribution in [0.4, 0.5) is 11.4 Å². The molecule has 1 aromatic heterocycles. The minimum absolute atomic E-state index is 0.0714. The summed E-state index contributed by atoms with van der Waals surface area (Å²) in [6.45, 7) is 1.89. The Morgan fingerprint density at radius 1 is 1.17 bits per heavy atom. The summed E-state index contributed by atoms with van der Waals surface area (Å²) < 4.78 is 1.80. The van der Waals surface area contributed by atoms with Crippen molar-refractivity contribution in [2.24, 2.45) is 0 Å². The molecule has 0 radical (unpaired) electrons. The van der Waals surface area contributed by atoms with Crippen LogP contribution >= 0.6 is 0 Å². The second-order valence-corrected chi connectivity index (χ2v) is 6.42. The Kier molecular flexibility index (Phi) is 3.07. The first-order valence-corrected chi connectivity index (χ1v) is 8.03. The van der Waals surface area contributed by atoms with Gasteiger partial charge in [0.25, 0.3) is 0 Å². The van der Waals surface area contributed by atoms with Crippen LogP contribution in [0.25, 0.3) is 10.9 Å². The highest BCUT2D eigenvalue weighted by atomic mass is 16.4. The van der Waals surface area contributed by atoms with E-state index in [1.165, 1.54) is 6.07 Å². The van der Waals surface area contributed by atoms with Gasteiger partial charge in [-0.3, -0.25) is 4.79 Å². The maximum Gasteiger partial charge on any atom is 0.352 e. The van der Waals surface area contributed by atoms with Gasteiger partial charge in [0.2, 0.25) is 0 Å². The average Bonchev–Trinajstić information content (AvgIpc) is 3.20. The van der Waals surface area contributed by atoms with E-state index in [0.29, 0.717) is 16.6 Å². The topological polar surface area (TPSA) is 88.6 Å². The lowest BCUT2D eigenvalue weighted by Gasteiger charge is -2.22. The van der Waals surface area contributed by atoms with Gasteiger partial charge in [0, 0.05) is 30.6 Å². The maximum atomic E-state index is 12.3. The van der Waals surface area contributed by atoms with E-state index >= 15 is 0 Å². The lowest BCUT2D eigenvalue weighted by atomic mass is 10.1. The quantitative estimate of drug-likeness (QED) is 0.848. The second kappa shape index (κ2) is 5.01. The van der Waals surface area contributed by atoms with Crippen molar-refractivity contribution in [1.29, 1.82) is 0 Å². The van der Waals surface area contributed by atoms with E-state index in [9.17, 15) is 14.7 Å². The van der Waals surface area contributed by atoms with Crippen molar-refractivity contribution in [2.75, 3.05) is 23.7 Å². The first kappa shape index (κ1) is 14.1. The zero-order chi connectivity index (χ0) is 16.1. The van der Waals surface area contributed by atoms with Gasteiger partial charge in [-0.15, -0.1) is 0 Å². The molecule has 0 amide bonds. The van der Waals surface area contributed by atoms with Crippen LogP contribution in [0.3, 0.4) is 0 Å². The summed E-state index contributed by atoms with van der Waals surface area (Å²) in [5, 5.41) is 9.97. The lowest BCUT2D eigenvalue weighted by Crippen LogP contribution is -2.21. The predicted molar refractivity (Wildman–Crippen MR) is 89.3 cm³/mol. The van der Waals surface area contributed by atoms with E-state index in [2.05, 4.69) is 4.90 Å². The molecule has 0 bridgehead atoms. The second-order valence-electron chi connectivity index (χ2n) is 6.42. The summed E-state index contributed by atoms with van der Waals surface area (Å²) in [5.74, 6) is -1.06. The van der Waals surface area contributed by atoms with Gasteiger partial charge in [-0.1, -0.05) is 0 Å². The number of anilines is 2. The molecule has 4 rings (SSSR count). The minimum atomic E-state index is -1.06. The zero-order valence-electron chi connectivity index (χ0n) is 12.8. The molecule has 6 heteroatoms. The molecular formula is C17H19N3O3. The van der Waals surface area contributed by atoms with E-state index in [4.69, 9.17) is 5.73 Å². The average molecular weight is 313 g/mol. The normalized spacial score (nSPS) is 17.8. The van der Waals surface area contributed by atoms with Crippen molar-refractivity contribution in [3.63, 3.8) is 0 Å². The first-order valence-electron chi connectivity index (χ1n) is 8.03. The van der Waals surface area contributed by atoms with Crippen molar-refractivity contribution < 1.29 is 9.90 Å². The minimum Gasteiger partial charge on any atom is -0.477 e.